The maximum atomic E-state index is 5.59. The van der Waals surface area contributed by atoms with E-state index in [1.54, 1.807) is 0 Å². The first-order chi connectivity index (χ1) is 9.24. The van der Waals surface area contributed by atoms with Crippen molar-refractivity contribution in [2.24, 2.45) is 5.73 Å². The van der Waals surface area contributed by atoms with Gasteiger partial charge in [-0.25, -0.2) is 9.97 Å². The summed E-state index contributed by atoms with van der Waals surface area (Å²) in [5.41, 5.74) is 8.95. The lowest BCUT2D eigenvalue weighted by molar-refractivity contribution is 0.895. The van der Waals surface area contributed by atoms with Crippen molar-refractivity contribution in [1.29, 1.82) is 0 Å². The molecule has 0 fully saturated rings. The summed E-state index contributed by atoms with van der Waals surface area (Å²) >= 11 is 0. The Morgan fingerprint density at radius 1 is 1.05 bits per heavy atom. The summed E-state index contributed by atoms with van der Waals surface area (Å²) in [7, 11) is 1.96. The molecule has 2 aromatic rings. The summed E-state index contributed by atoms with van der Waals surface area (Å²) in [6, 6.07) is 8.12. The van der Waals surface area contributed by atoms with Crippen LogP contribution >= 0.6 is 0 Å². The van der Waals surface area contributed by atoms with Crippen LogP contribution in [0.2, 0.25) is 0 Å². The molecule has 0 unspecified atom stereocenters. The molecule has 0 spiro atoms. The number of aryl methyl sites for hydroxylation is 1. The lowest BCUT2D eigenvalue weighted by Crippen LogP contribution is -2.13. The number of benzene rings is 1. The summed E-state index contributed by atoms with van der Waals surface area (Å²) in [6.07, 6.45) is 5.93. The van der Waals surface area contributed by atoms with Gasteiger partial charge in [-0.3, -0.25) is 0 Å². The molecule has 100 valence electrons. The Morgan fingerprint density at radius 3 is 2.21 bits per heavy atom. The van der Waals surface area contributed by atoms with Gasteiger partial charge in [-0.1, -0.05) is 25.5 Å². The molecule has 0 aliphatic rings. The zero-order valence-corrected chi connectivity index (χ0v) is 11.5. The molecule has 0 aliphatic carbocycles. The highest BCUT2D eigenvalue weighted by Crippen LogP contribution is 2.20. The Kier molecular flexibility index (Phi) is 4.47. The maximum Gasteiger partial charge on any atom is 0.229 e. The van der Waals surface area contributed by atoms with Crippen molar-refractivity contribution >= 4 is 11.6 Å². The standard InChI is InChI=1S/C15H20N4/c1-3-4-13-10-17-15(18-11-13)19(2)14-7-5-12(9-16)6-8-14/h5-8,10-11H,3-4,9,16H2,1-2H3. The second-order valence-electron chi connectivity index (χ2n) is 4.57. The molecule has 0 aliphatic heterocycles. The molecule has 1 heterocycles. The predicted molar refractivity (Wildman–Crippen MR) is 78.4 cm³/mol. The Labute approximate surface area is 114 Å². The van der Waals surface area contributed by atoms with Gasteiger partial charge in [-0.05, 0) is 29.7 Å². The Balaban J connectivity index is 2.15. The van der Waals surface area contributed by atoms with Crippen LogP contribution in [0.25, 0.3) is 0 Å². The van der Waals surface area contributed by atoms with E-state index in [0.29, 0.717) is 12.5 Å². The first-order valence-corrected chi connectivity index (χ1v) is 6.58. The zero-order chi connectivity index (χ0) is 13.7. The van der Waals surface area contributed by atoms with E-state index in [1.807, 2.05) is 48.6 Å². The van der Waals surface area contributed by atoms with Gasteiger partial charge < -0.3 is 10.6 Å². The minimum Gasteiger partial charge on any atom is -0.326 e. The van der Waals surface area contributed by atoms with Crippen LogP contribution in [0.15, 0.2) is 36.7 Å². The van der Waals surface area contributed by atoms with E-state index in [1.165, 1.54) is 5.56 Å². The first-order valence-electron chi connectivity index (χ1n) is 6.58. The maximum absolute atomic E-state index is 5.59. The number of hydrogen-bond donors (Lipinski definition) is 1. The normalized spacial score (nSPS) is 10.5. The van der Waals surface area contributed by atoms with Crippen LogP contribution < -0.4 is 10.6 Å². The van der Waals surface area contributed by atoms with Crippen LogP contribution in [0, 0.1) is 0 Å². The average Bonchev–Trinajstić information content (AvgIpc) is 2.48. The largest absolute Gasteiger partial charge is 0.326 e. The third-order valence-electron chi connectivity index (χ3n) is 3.09. The monoisotopic (exact) mass is 256 g/mol. The topological polar surface area (TPSA) is 55.0 Å². The van der Waals surface area contributed by atoms with E-state index < -0.39 is 0 Å². The van der Waals surface area contributed by atoms with Gasteiger partial charge in [0.1, 0.15) is 0 Å². The molecular formula is C15H20N4. The number of aromatic nitrogens is 2. The van der Waals surface area contributed by atoms with Gasteiger partial charge in [-0.2, -0.15) is 0 Å². The fourth-order valence-electron chi connectivity index (χ4n) is 1.91. The van der Waals surface area contributed by atoms with E-state index in [9.17, 15) is 0 Å². The van der Waals surface area contributed by atoms with Crippen molar-refractivity contribution in [3.8, 4) is 0 Å². The molecule has 0 saturated carbocycles. The number of hydrogen-bond acceptors (Lipinski definition) is 4. The molecule has 1 aromatic carbocycles. The van der Waals surface area contributed by atoms with Crippen LogP contribution in [-0.4, -0.2) is 17.0 Å². The molecule has 4 nitrogen and oxygen atoms in total. The molecule has 1 aromatic heterocycles. The average molecular weight is 256 g/mol. The highest BCUT2D eigenvalue weighted by molar-refractivity contribution is 5.56. The van der Waals surface area contributed by atoms with Crippen LogP contribution in [0.3, 0.4) is 0 Å². The van der Waals surface area contributed by atoms with Crippen LogP contribution in [0.5, 0.6) is 0 Å². The lowest BCUT2D eigenvalue weighted by atomic mass is 10.2. The highest BCUT2D eigenvalue weighted by Gasteiger charge is 2.06. The van der Waals surface area contributed by atoms with Gasteiger partial charge in [0, 0.05) is 31.7 Å². The van der Waals surface area contributed by atoms with Crippen LogP contribution in [-0.2, 0) is 13.0 Å². The molecular weight excluding hydrogens is 236 g/mol. The van der Waals surface area contributed by atoms with Gasteiger partial charge in [0.15, 0.2) is 0 Å². The Bertz CT molecular complexity index is 505. The number of nitrogens with zero attached hydrogens (tertiary/aromatic N) is 3. The van der Waals surface area contributed by atoms with Gasteiger partial charge >= 0.3 is 0 Å². The van der Waals surface area contributed by atoms with Crippen molar-refractivity contribution in [2.75, 3.05) is 11.9 Å². The quantitative estimate of drug-likeness (QED) is 0.893. The Hall–Kier alpha value is -1.94. The fourth-order valence-corrected chi connectivity index (χ4v) is 1.91. The summed E-state index contributed by atoms with van der Waals surface area (Å²) in [4.78, 5) is 10.8. The van der Waals surface area contributed by atoms with Crippen molar-refractivity contribution in [3.05, 3.63) is 47.8 Å². The van der Waals surface area contributed by atoms with Gasteiger partial charge in [0.25, 0.3) is 0 Å². The fraction of sp³-hybridized carbons (Fsp3) is 0.333. The van der Waals surface area contributed by atoms with E-state index in [0.717, 1.165) is 24.1 Å². The number of anilines is 2. The highest BCUT2D eigenvalue weighted by atomic mass is 15.2. The molecule has 0 saturated heterocycles. The SMILES string of the molecule is CCCc1cnc(N(C)c2ccc(CN)cc2)nc1. The summed E-state index contributed by atoms with van der Waals surface area (Å²) in [6.45, 7) is 2.71. The van der Waals surface area contributed by atoms with Crippen molar-refractivity contribution in [1.82, 2.24) is 9.97 Å². The Morgan fingerprint density at radius 2 is 1.68 bits per heavy atom. The van der Waals surface area contributed by atoms with E-state index >= 15 is 0 Å². The van der Waals surface area contributed by atoms with Crippen LogP contribution in [0.1, 0.15) is 24.5 Å². The smallest absolute Gasteiger partial charge is 0.229 e. The van der Waals surface area contributed by atoms with Gasteiger partial charge in [0.05, 0.1) is 0 Å². The summed E-state index contributed by atoms with van der Waals surface area (Å²) in [5, 5.41) is 0. The number of nitrogens with two attached hydrogens (primary N) is 1. The van der Waals surface area contributed by atoms with Crippen molar-refractivity contribution in [3.63, 3.8) is 0 Å². The second kappa shape index (κ2) is 6.29. The third kappa shape index (κ3) is 3.29. The van der Waals surface area contributed by atoms with Gasteiger partial charge in [0.2, 0.25) is 5.95 Å². The number of rotatable bonds is 5. The first kappa shape index (κ1) is 13.5. The molecule has 0 radical (unpaired) electrons. The minimum atomic E-state index is 0.562. The molecule has 4 heteroatoms. The molecule has 2 N–H and O–H groups in total. The predicted octanol–water partition coefficient (Wildman–Crippen LogP) is 2.66. The van der Waals surface area contributed by atoms with E-state index in [2.05, 4.69) is 16.9 Å². The van der Waals surface area contributed by atoms with E-state index in [-0.39, 0.29) is 0 Å². The van der Waals surface area contributed by atoms with Crippen molar-refractivity contribution in [2.45, 2.75) is 26.3 Å². The lowest BCUT2D eigenvalue weighted by Gasteiger charge is -2.17. The molecule has 2 rings (SSSR count). The molecule has 0 amide bonds. The van der Waals surface area contributed by atoms with E-state index in [4.69, 9.17) is 5.73 Å². The van der Waals surface area contributed by atoms with Gasteiger partial charge in [-0.15, -0.1) is 0 Å². The third-order valence-corrected chi connectivity index (χ3v) is 3.09. The molecule has 19 heavy (non-hydrogen) atoms. The molecule has 0 atom stereocenters. The summed E-state index contributed by atoms with van der Waals surface area (Å²) in [5.74, 6) is 0.709. The zero-order valence-electron chi connectivity index (χ0n) is 11.5. The van der Waals surface area contributed by atoms with Crippen molar-refractivity contribution < 1.29 is 0 Å². The minimum absolute atomic E-state index is 0.562. The molecule has 0 bridgehead atoms. The second-order valence-corrected chi connectivity index (χ2v) is 4.57. The van der Waals surface area contributed by atoms with Crippen LogP contribution in [0.4, 0.5) is 11.6 Å². The summed E-state index contributed by atoms with van der Waals surface area (Å²) < 4.78 is 0.